The van der Waals surface area contributed by atoms with Gasteiger partial charge in [0.2, 0.25) is 0 Å². The van der Waals surface area contributed by atoms with E-state index >= 15 is 0 Å². The second-order valence-corrected chi connectivity index (χ2v) is 6.65. The summed E-state index contributed by atoms with van der Waals surface area (Å²) >= 11 is 0. The highest BCUT2D eigenvalue weighted by atomic mass is 15.2. The van der Waals surface area contributed by atoms with Crippen molar-refractivity contribution in [1.29, 1.82) is 0 Å². The molecule has 2 aromatic rings. The summed E-state index contributed by atoms with van der Waals surface area (Å²) in [7, 11) is 4.05. The largest absolute Gasteiger partial charge is 0.370 e. The first-order valence-electron chi connectivity index (χ1n) is 7.36. The average Bonchev–Trinajstić information content (AvgIpc) is 2.81. The van der Waals surface area contributed by atoms with Gasteiger partial charge in [-0.25, -0.2) is 0 Å². The molecule has 0 aliphatic carbocycles. The Balaban J connectivity index is 1.94. The van der Waals surface area contributed by atoms with Gasteiger partial charge in [-0.2, -0.15) is 5.10 Å². The van der Waals surface area contributed by atoms with E-state index in [2.05, 4.69) is 73.6 Å². The van der Waals surface area contributed by atoms with E-state index in [1.165, 1.54) is 16.8 Å². The second-order valence-electron chi connectivity index (χ2n) is 6.65. The minimum absolute atomic E-state index is 0.149. The number of benzene rings is 1. The molecular weight excluding hydrogens is 260 g/mol. The minimum Gasteiger partial charge on any atom is -0.370 e. The molecule has 4 nitrogen and oxygen atoms in total. The van der Waals surface area contributed by atoms with Gasteiger partial charge in [-0.3, -0.25) is 4.68 Å². The van der Waals surface area contributed by atoms with Gasteiger partial charge in [-0.15, -0.1) is 0 Å². The van der Waals surface area contributed by atoms with Crippen molar-refractivity contribution in [2.24, 2.45) is 7.05 Å². The average molecular weight is 286 g/mol. The summed E-state index contributed by atoms with van der Waals surface area (Å²) in [4.78, 5) is 2.23. The van der Waals surface area contributed by atoms with Crippen LogP contribution in [0.3, 0.4) is 0 Å². The molecule has 0 spiro atoms. The molecule has 0 saturated heterocycles. The number of hydrogen-bond donors (Lipinski definition) is 1. The van der Waals surface area contributed by atoms with Crippen molar-refractivity contribution < 1.29 is 0 Å². The van der Waals surface area contributed by atoms with E-state index in [4.69, 9.17) is 0 Å². The Bertz CT molecular complexity index is 563. The lowest BCUT2D eigenvalue weighted by molar-refractivity contribution is 0.424. The molecule has 0 amide bonds. The topological polar surface area (TPSA) is 33.1 Å². The zero-order valence-electron chi connectivity index (χ0n) is 13.7. The van der Waals surface area contributed by atoms with Crippen LogP contribution in [0.1, 0.15) is 31.9 Å². The predicted molar refractivity (Wildman–Crippen MR) is 88.3 cm³/mol. The molecule has 1 aromatic carbocycles. The molecule has 1 aromatic heterocycles. The first-order chi connectivity index (χ1) is 9.83. The quantitative estimate of drug-likeness (QED) is 0.917. The SMILES string of the molecule is CN(Cc1cnn(C)c1)c1ccc(CNC(C)(C)C)cc1. The number of hydrogen-bond acceptors (Lipinski definition) is 3. The third-order valence-electron chi connectivity index (χ3n) is 3.38. The highest BCUT2D eigenvalue weighted by molar-refractivity contribution is 5.47. The Morgan fingerprint density at radius 3 is 2.33 bits per heavy atom. The molecule has 0 atom stereocenters. The molecule has 0 aliphatic heterocycles. The maximum atomic E-state index is 4.21. The number of anilines is 1. The van der Waals surface area contributed by atoms with Crippen LogP contribution in [0.25, 0.3) is 0 Å². The van der Waals surface area contributed by atoms with Crippen molar-refractivity contribution in [2.45, 2.75) is 39.4 Å². The Morgan fingerprint density at radius 2 is 1.81 bits per heavy atom. The summed E-state index contributed by atoms with van der Waals surface area (Å²) in [6.45, 7) is 8.32. The number of nitrogens with zero attached hydrogens (tertiary/aromatic N) is 3. The number of rotatable bonds is 5. The maximum absolute atomic E-state index is 4.21. The highest BCUT2D eigenvalue weighted by Gasteiger charge is 2.08. The Labute approximate surface area is 127 Å². The first-order valence-corrected chi connectivity index (χ1v) is 7.36. The van der Waals surface area contributed by atoms with Crippen molar-refractivity contribution in [2.75, 3.05) is 11.9 Å². The fraction of sp³-hybridized carbons (Fsp3) is 0.471. The summed E-state index contributed by atoms with van der Waals surface area (Å²) in [6.07, 6.45) is 3.97. The van der Waals surface area contributed by atoms with E-state index in [0.29, 0.717) is 0 Å². The van der Waals surface area contributed by atoms with Crippen molar-refractivity contribution >= 4 is 5.69 Å². The highest BCUT2D eigenvalue weighted by Crippen LogP contribution is 2.16. The number of aromatic nitrogens is 2. The van der Waals surface area contributed by atoms with Crippen LogP contribution in [0.2, 0.25) is 0 Å². The molecule has 1 N–H and O–H groups in total. The standard InChI is InChI=1S/C17H26N4/c1-17(2,3)18-10-14-6-8-16(9-7-14)20(4)12-15-11-19-21(5)13-15/h6-9,11,13,18H,10,12H2,1-5H3. The third kappa shape index (κ3) is 4.90. The Kier molecular flexibility index (Phi) is 4.68. The van der Waals surface area contributed by atoms with Crippen LogP contribution in [0.4, 0.5) is 5.69 Å². The van der Waals surface area contributed by atoms with E-state index in [1.54, 1.807) is 0 Å². The van der Waals surface area contributed by atoms with Gasteiger partial charge in [0, 0.05) is 50.2 Å². The number of aryl methyl sites for hydroxylation is 1. The Morgan fingerprint density at radius 1 is 1.14 bits per heavy atom. The van der Waals surface area contributed by atoms with Gasteiger partial charge in [0.15, 0.2) is 0 Å². The molecule has 0 fully saturated rings. The van der Waals surface area contributed by atoms with Gasteiger partial charge in [-0.1, -0.05) is 12.1 Å². The van der Waals surface area contributed by atoms with Crippen LogP contribution in [0.5, 0.6) is 0 Å². The van der Waals surface area contributed by atoms with E-state index < -0.39 is 0 Å². The second kappa shape index (κ2) is 6.31. The fourth-order valence-electron chi connectivity index (χ4n) is 2.15. The predicted octanol–water partition coefficient (Wildman–Crippen LogP) is 2.94. The molecule has 0 bridgehead atoms. The van der Waals surface area contributed by atoms with Crippen molar-refractivity contribution in [1.82, 2.24) is 15.1 Å². The molecule has 0 radical (unpaired) electrons. The summed E-state index contributed by atoms with van der Waals surface area (Å²) in [6, 6.07) is 8.73. The normalized spacial score (nSPS) is 11.7. The van der Waals surface area contributed by atoms with Gasteiger partial charge < -0.3 is 10.2 Å². The number of nitrogens with one attached hydrogen (secondary N) is 1. The minimum atomic E-state index is 0.149. The molecule has 114 valence electrons. The van der Waals surface area contributed by atoms with Crippen LogP contribution in [-0.4, -0.2) is 22.4 Å². The van der Waals surface area contributed by atoms with Gasteiger partial charge >= 0.3 is 0 Å². The Hall–Kier alpha value is -1.81. The lowest BCUT2D eigenvalue weighted by Gasteiger charge is -2.21. The maximum Gasteiger partial charge on any atom is 0.0539 e. The van der Waals surface area contributed by atoms with Crippen LogP contribution in [-0.2, 0) is 20.1 Å². The van der Waals surface area contributed by atoms with Gasteiger partial charge in [0.25, 0.3) is 0 Å². The lowest BCUT2D eigenvalue weighted by atomic mass is 10.1. The molecule has 1 heterocycles. The molecule has 0 unspecified atom stereocenters. The monoisotopic (exact) mass is 286 g/mol. The third-order valence-corrected chi connectivity index (χ3v) is 3.38. The van der Waals surface area contributed by atoms with Crippen LogP contribution < -0.4 is 10.2 Å². The molecule has 0 aliphatic rings. The van der Waals surface area contributed by atoms with Gasteiger partial charge in [0.05, 0.1) is 6.20 Å². The van der Waals surface area contributed by atoms with Gasteiger partial charge in [-0.05, 0) is 38.5 Å². The summed E-state index contributed by atoms with van der Waals surface area (Å²) in [5.41, 5.74) is 3.90. The zero-order chi connectivity index (χ0) is 15.5. The molecule has 0 saturated carbocycles. The zero-order valence-corrected chi connectivity index (χ0v) is 13.7. The van der Waals surface area contributed by atoms with E-state index in [0.717, 1.165) is 13.1 Å². The lowest BCUT2D eigenvalue weighted by Crippen LogP contribution is -2.35. The van der Waals surface area contributed by atoms with Crippen LogP contribution in [0.15, 0.2) is 36.7 Å². The summed E-state index contributed by atoms with van der Waals surface area (Å²) in [5.74, 6) is 0. The van der Waals surface area contributed by atoms with Crippen LogP contribution in [0, 0.1) is 0 Å². The van der Waals surface area contributed by atoms with Crippen LogP contribution >= 0.6 is 0 Å². The summed E-state index contributed by atoms with van der Waals surface area (Å²) in [5, 5.41) is 7.71. The van der Waals surface area contributed by atoms with Crippen molar-refractivity contribution in [3.63, 3.8) is 0 Å². The van der Waals surface area contributed by atoms with E-state index in [9.17, 15) is 0 Å². The fourth-order valence-corrected chi connectivity index (χ4v) is 2.15. The van der Waals surface area contributed by atoms with E-state index in [-0.39, 0.29) is 5.54 Å². The molecule has 21 heavy (non-hydrogen) atoms. The van der Waals surface area contributed by atoms with Crippen molar-refractivity contribution in [3.8, 4) is 0 Å². The summed E-state index contributed by atoms with van der Waals surface area (Å²) < 4.78 is 1.84. The molecule has 4 heteroatoms. The molecule has 2 rings (SSSR count). The van der Waals surface area contributed by atoms with Crippen molar-refractivity contribution in [3.05, 3.63) is 47.8 Å². The van der Waals surface area contributed by atoms with Gasteiger partial charge in [0.1, 0.15) is 0 Å². The first kappa shape index (κ1) is 15.6. The van der Waals surface area contributed by atoms with E-state index in [1.807, 2.05) is 17.9 Å². The molecular formula is C17H26N4. The smallest absolute Gasteiger partial charge is 0.0539 e.